The Labute approximate surface area is 208 Å². The van der Waals surface area contributed by atoms with E-state index in [1.54, 1.807) is 36.1 Å². The number of carbonyl (C=O) groups excluding carboxylic acids is 2. The third-order valence-corrected chi connectivity index (χ3v) is 6.54. The van der Waals surface area contributed by atoms with Crippen molar-refractivity contribution in [2.45, 2.75) is 58.7 Å². The lowest BCUT2D eigenvalue weighted by molar-refractivity contribution is -0.141. The average molecular weight is 508 g/mol. The Morgan fingerprint density at radius 2 is 1.71 bits per heavy atom. The molecule has 0 saturated heterocycles. The summed E-state index contributed by atoms with van der Waals surface area (Å²) in [7, 11) is -3.57. The van der Waals surface area contributed by atoms with Crippen molar-refractivity contribution >= 4 is 39.1 Å². The molecular weight excluding hydrogens is 474 g/mol. The van der Waals surface area contributed by atoms with E-state index < -0.39 is 21.6 Å². The zero-order valence-electron chi connectivity index (χ0n) is 20.4. The van der Waals surface area contributed by atoms with Crippen LogP contribution in [0.5, 0.6) is 0 Å². The van der Waals surface area contributed by atoms with E-state index in [0.29, 0.717) is 10.7 Å². The van der Waals surface area contributed by atoms with Gasteiger partial charge in [0, 0.05) is 30.1 Å². The number of anilines is 1. The zero-order valence-corrected chi connectivity index (χ0v) is 22.0. The van der Waals surface area contributed by atoms with Crippen molar-refractivity contribution in [1.29, 1.82) is 0 Å². The fourth-order valence-electron chi connectivity index (χ4n) is 3.47. The Balaban J connectivity index is 2.16. The number of carbonyl (C=O) groups is 2. The first-order valence-electron chi connectivity index (χ1n) is 11.2. The molecule has 0 radical (unpaired) electrons. The summed E-state index contributed by atoms with van der Waals surface area (Å²) >= 11 is 6.03. The van der Waals surface area contributed by atoms with Crippen LogP contribution in [-0.2, 0) is 26.2 Å². The van der Waals surface area contributed by atoms with E-state index in [9.17, 15) is 18.0 Å². The van der Waals surface area contributed by atoms with E-state index in [2.05, 4.69) is 5.32 Å². The summed E-state index contributed by atoms with van der Waals surface area (Å²) in [5.74, 6) is -0.464. The van der Waals surface area contributed by atoms with E-state index in [0.717, 1.165) is 11.8 Å². The summed E-state index contributed by atoms with van der Waals surface area (Å²) in [4.78, 5) is 27.6. The van der Waals surface area contributed by atoms with Gasteiger partial charge in [0.2, 0.25) is 21.8 Å². The quantitative estimate of drug-likeness (QED) is 0.521. The van der Waals surface area contributed by atoms with Gasteiger partial charge in [0.15, 0.2) is 0 Å². The molecule has 0 fully saturated rings. The molecule has 2 aromatic rings. The van der Waals surface area contributed by atoms with Gasteiger partial charge in [-0.05, 0) is 57.9 Å². The molecule has 7 nitrogen and oxygen atoms in total. The summed E-state index contributed by atoms with van der Waals surface area (Å²) in [5, 5.41) is 3.35. The first kappa shape index (κ1) is 27.7. The van der Waals surface area contributed by atoms with Crippen LogP contribution in [0.25, 0.3) is 0 Å². The van der Waals surface area contributed by atoms with Crippen molar-refractivity contribution in [3.63, 3.8) is 0 Å². The van der Waals surface area contributed by atoms with Crippen molar-refractivity contribution in [3.05, 3.63) is 65.2 Å². The van der Waals surface area contributed by atoms with Gasteiger partial charge in [0.25, 0.3) is 0 Å². The predicted octanol–water partition coefficient (Wildman–Crippen LogP) is 4.22. The standard InChI is InChI=1S/C25H34ClN3O4S/c1-19(24(31)27-25(2,3)4)28(18-20-11-7-6-8-12-20)23(30)15-10-16-29(34(5,32)33)22-14-9-13-21(26)17-22/h6-9,11-14,17,19H,10,15-16,18H2,1-5H3,(H,27,31)/t19-/m1/s1. The topological polar surface area (TPSA) is 86.8 Å². The monoisotopic (exact) mass is 507 g/mol. The molecule has 1 atom stereocenters. The van der Waals surface area contributed by atoms with Gasteiger partial charge in [-0.2, -0.15) is 0 Å². The van der Waals surface area contributed by atoms with E-state index in [4.69, 9.17) is 11.6 Å². The molecule has 2 rings (SSSR count). The Hall–Kier alpha value is -2.58. The summed E-state index contributed by atoms with van der Waals surface area (Å²) in [5.41, 5.74) is 0.921. The van der Waals surface area contributed by atoms with E-state index in [1.165, 1.54) is 4.31 Å². The molecule has 9 heteroatoms. The Morgan fingerprint density at radius 1 is 1.06 bits per heavy atom. The lowest BCUT2D eigenvalue weighted by Gasteiger charge is -2.32. The van der Waals surface area contributed by atoms with Crippen LogP contribution in [0.4, 0.5) is 5.69 Å². The average Bonchev–Trinajstić information content (AvgIpc) is 2.73. The summed E-state index contributed by atoms with van der Waals surface area (Å²) in [6.07, 6.45) is 1.50. The highest BCUT2D eigenvalue weighted by molar-refractivity contribution is 7.92. The van der Waals surface area contributed by atoms with Gasteiger partial charge >= 0.3 is 0 Å². The molecule has 0 saturated carbocycles. The molecule has 186 valence electrons. The number of nitrogens with one attached hydrogen (secondary N) is 1. The fraction of sp³-hybridized carbons (Fsp3) is 0.440. The third-order valence-electron chi connectivity index (χ3n) is 5.11. The zero-order chi connectivity index (χ0) is 25.5. The highest BCUT2D eigenvalue weighted by Crippen LogP contribution is 2.22. The Morgan fingerprint density at radius 3 is 2.26 bits per heavy atom. The molecule has 0 aliphatic carbocycles. The van der Waals surface area contributed by atoms with Gasteiger partial charge < -0.3 is 10.2 Å². The number of benzene rings is 2. The van der Waals surface area contributed by atoms with E-state index in [-0.39, 0.29) is 37.7 Å². The Bertz CT molecular complexity index is 1080. The minimum atomic E-state index is -3.57. The number of amides is 2. The minimum absolute atomic E-state index is 0.0898. The number of halogens is 1. The first-order valence-corrected chi connectivity index (χ1v) is 13.4. The van der Waals surface area contributed by atoms with E-state index in [1.807, 2.05) is 51.1 Å². The highest BCUT2D eigenvalue weighted by atomic mass is 35.5. The summed E-state index contributed by atoms with van der Waals surface area (Å²) in [6, 6.07) is 15.4. The first-order chi connectivity index (χ1) is 15.8. The van der Waals surface area contributed by atoms with Crippen molar-refractivity contribution in [2.75, 3.05) is 17.1 Å². The molecule has 1 N–H and O–H groups in total. The second-order valence-electron chi connectivity index (χ2n) is 9.34. The summed E-state index contributed by atoms with van der Waals surface area (Å²) < 4.78 is 26.0. The van der Waals surface area contributed by atoms with Gasteiger partial charge in [0.05, 0.1) is 11.9 Å². The predicted molar refractivity (Wildman–Crippen MR) is 137 cm³/mol. The number of rotatable bonds is 10. The second kappa shape index (κ2) is 11.7. The maximum atomic E-state index is 13.2. The molecular formula is C25H34ClN3O4S. The molecule has 2 amide bonds. The Kier molecular flexibility index (Phi) is 9.53. The van der Waals surface area contributed by atoms with Gasteiger partial charge in [-0.3, -0.25) is 13.9 Å². The molecule has 0 spiro atoms. The molecule has 0 aromatic heterocycles. The van der Waals surface area contributed by atoms with Crippen LogP contribution in [0.15, 0.2) is 54.6 Å². The third kappa shape index (κ3) is 8.65. The van der Waals surface area contributed by atoms with E-state index >= 15 is 0 Å². The SMILES string of the molecule is C[C@H](C(=O)NC(C)(C)C)N(Cc1ccccc1)C(=O)CCCN(c1cccc(Cl)c1)S(C)(=O)=O. The van der Waals surface area contributed by atoms with Crippen molar-refractivity contribution in [3.8, 4) is 0 Å². The fourth-order valence-corrected chi connectivity index (χ4v) is 4.61. The van der Waals surface area contributed by atoms with Crippen molar-refractivity contribution in [1.82, 2.24) is 10.2 Å². The highest BCUT2D eigenvalue weighted by Gasteiger charge is 2.28. The molecule has 34 heavy (non-hydrogen) atoms. The lowest BCUT2D eigenvalue weighted by atomic mass is 10.1. The van der Waals surface area contributed by atoms with Crippen LogP contribution in [-0.4, -0.2) is 49.5 Å². The number of hydrogen-bond donors (Lipinski definition) is 1. The molecule has 0 unspecified atom stereocenters. The number of sulfonamides is 1. The number of hydrogen-bond acceptors (Lipinski definition) is 4. The van der Waals surface area contributed by atoms with Crippen molar-refractivity contribution < 1.29 is 18.0 Å². The maximum absolute atomic E-state index is 13.2. The molecule has 0 heterocycles. The van der Waals surface area contributed by atoms with Crippen LogP contribution in [0.1, 0.15) is 46.1 Å². The number of nitrogens with zero attached hydrogens (tertiary/aromatic N) is 2. The van der Waals surface area contributed by atoms with Crippen LogP contribution in [0.3, 0.4) is 0 Å². The molecule has 0 aliphatic heterocycles. The minimum Gasteiger partial charge on any atom is -0.350 e. The van der Waals surface area contributed by atoms with Gasteiger partial charge in [0.1, 0.15) is 6.04 Å². The maximum Gasteiger partial charge on any atom is 0.242 e. The second-order valence-corrected chi connectivity index (χ2v) is 11.7. The van der Waals surface area contributed by atoms with Crippen LogP contribution < -0.4 is 9.62 Å². The van der Waals surface area contributed by atoms with Gasteiger partial charge in [-0.1, -0.05) is 48.0 Å². The van der Waals surface area contributed by atoms with Crippen LogP contribution in [0.2, 0.25) is 5.02 Å². The smallest absolute Gasteiger partial charge is 0.242 e. The molecule has 0 aliphatic rings. The summed E-state index contributed by atoms with van der Waals surface area (Å²) in [6.45, 7) is 7.76. The van der Waals surface area contributed by atoms with Crippen LogP contribution >= 0.6 is 11.6 Å². The van der Waals surface area contributed by atoms with Crippen molar-refractivity contribution in [2.24, 2.45) is 0 Å². The largest absolute Gasteiger partial charge is 0.350 e. The normalized spacial score (nSPS) is 12.6. The van der Waals surface area contributed by atoms with Gasteiger partial charge in [-0.15, -0.1) is 0 Å². The van der Waals surface area contributed by atoms with Crippen LogP contribution in [0, 0.1) is 0 Å². The van der Waals surface area contributed by atoms with Gasteiger partial charge in [-0.25, -0.2) is 8.42 Å². The molecule has 2 aromatic carbocycles. The molecule has 0 bridgehead atoms. The lowest BCUT2D eigenvalue weighted by Crippen LogP contribution is -2.52.